The van der Waals surface area contributed by atoms with E-state index in [-0.39, 0.29) is 5.54 Å². The molecule has 1 saturated carbocycles. The minimum Gasteiger partial charge on any atom is -0.307 e. The molecular formula is C26H33N3S. The standard InChI is InChI=1S/C26H33N3S/c1-19-11-9-10-14-22(19)27-23-26(17-15-20(16-18-26)25(2,3)4)29(24(28-23)30-5)21-12-7-6-8-13-21/h6-14,20H,15-18H2,1-5H3. The van der Waals surface area contributed by atoms with E-state index in [1.807, 2.05) is 0 Å². The van der Waals surface area contributed by atoms with Crippen molar-refractivity contribution in [3.63, 3.8) is 0 Å². The molecule has 0 saturated heterocycles. The molecule has 4 heteroatoms. The number of para-hydroxylation sites is 2. The zero-order valence-electron chi connectivity index (χ0n) is 18.9. The van der Waals surface area contributed by atoms with Gasteiger partial charge in [0.15, 0.2) is 11.0 Å². The van der Waals surface area contributed by atoms with Crippen molar-refractivity contribution in [1.82, 2.24) is 0 Å². The van der Waals surface area contributed by atoms with E-state index in [0.717, 1.165) is 35.5 Å². The predicted octanol–water partition coefficient (Wildman–Crippen LogP) is 7.24. The summed E-state index contributed by atoms with van der Waals surface area (Å²) in [4.78, 5) is 12.8. The van der Waals surface area contributed by atoms with Gasteiger partial charge in [-0.3, -0.25) is 0 Å². The second-order valence-corrected chi connectivity index (χ2v) is 10.4. The Kier molecular flexibility index (Phi) is 5.80. The molecule has 0 unspecified atom stereocenters. The third kappa shape index (κ3) is 3.82. The second kappa shape index (κ2) is 8.22. The molecule has 0 atom stereocenters. The third-order valence-electron chi connectivity index (χ3n) is 6.81. The van der Waals surface area contributed by atoms with Gasteiger partial charge in [0.1, 0.15) is 5.54 Å². The lowest BCUT2D eigenvalue weighted by Crippen LogP contribution is -2.54. The van der Waals surface area contributed by atoms with Gasteiger partial charge in [-0.15, -0.1) is 0 Å². The molecule has 3 nitrogen and oxygen atoms in total. The smallest absolute Gasteiger partial charge is 0.170 e. The van der Waals surface area contributed by atoms with Crippen LogP contribution in [0.25, 0.3) is 0 Å². The van der Waals surface area contributed by atoms with E-state index < -0.39 is 0 Å². The number of hydrogen-bond donors (Lipinski definition) is 0. The maximum atomic E-state index is 5.17. The summed E-state index contributed by atoms with van der Waals surface area (Å²) in [6.07, 6.45) is 6.71. The summed E-state index contributed by atoms with van der Waals surface area (Å²) in [5, 5.41) is 1.06. The molecule has 4 rings (SSSR count). The zero-order chi connectivity index (χ0) is 21.4. The van der Waals surface area contributed by atoms with Crippen molar-refractivity contribution >= 4 is 34.1 Å². The molecule has 0 aromatic heterocycles. The van der Waals surface area contributed by atoms with Gasteiger partial charge in [0.05, 0.1) is 5.69 Å². The van der Waals surface area contributed by atoms with Crippen LogP contribution >= 0.6 is 11.8 Å². The van der Waals surface area contributed by atoms with Crippen LogP contribution in [0.1, 0.15) is 52.0 Å². The Morgan fingerprint density at radius 3 is 2.23 bits per heavy atom. The van der Waals surface area contributed by atoms with Crippen LogP contribution in [-0.2, 0) is 0 Å². The molecule has 1 spiro atoms. The summed E-state index contributed by atoms with van der Waals surface area (Å²) in [7, 11) is 0. The fourth-order valence-electron chi connectivity index (χ4n) is 4.94. The maximum absolute atomic E-state index is 5.17. The van der Waals surface area contributed by atoms with Gasteiger partial charge in [-0.05, 0) is 74.0 Å². The van der Waals surface area contributed by atoms with E-state index in [2.05, 4.69) is 93.4 Å². The first kappa shape index (κ1) is 21.2. The molecule has 1 fully saturated rings. The quantitative estimate of drug-likeness (QED) is 0.513. The molecule has 0 N–H and O–H groups in total. The highest BCUT2D eigenvalue weighted by molar-refractivity contribution is 8.13. The van der Waals surface area contributed by atoms with Crippen LogP contribution in [0.3, 0.4) is 0 Å². The monoisotopic (exact) mass is 419 g/mol. The highest BCUT2D eigenvalue weighted by atomic mass is 32.2. The summed E-state index contributed by atoms with van der Waals surface area (Å²) in [6, 6.07) is 19.1. The average Bonchev–Trinajstić information content (AvgIpc) is 3.02. The average molecular weight is 420 g/mol. The van der Waals surface area contributed by atoms with Gasteiger partial charge in [-0.1, -0.05) is 68.9 Å². The van der Waals surface area contributed by atoms with Gasteiger partial charge in [0, 0.05) is 5.69 Å². The van der Waals surface area contributed by atoms with Crippen LogP contribution in [0.2, 0.25) is 0 Å². The molecule has 2 aromatic rings. The lowest BCUT2D eigenvalue weighted by molar-refractivity contribution is 0.158. The van der Waals surface area contributed by atoms with Crippen molar-refractivity contribution in [3.05, 3.63) is 60.2 Å². The van der Waals surface area contributed by atoms with Crippen LogP contribution in [0.15, 0.2) is 64.6 Å². The number of rotatable bonds is 2. The highest BCUT2D eigenvalue weighted by Crippen LogP contribution is 2.49. The number of nitrogens with zero attached hydrogens (tertiary/aromatic N) is 3. The van der Waals surface area contributed by atoms with E-state index in [4.69, 9.17) is 9.98 Å². The van der Waals surface area contributed by atoms with E-state index in [0.29, 0.717) is 5.41 Å². The zero-order valence-corrected chi connectivity index (χ0v) is 19.7. The molecule has 1 heterocycles. The summed E-state index contributed by atoms with van der Waals surface area (Å²) >= 11 is 1.72. The fraction of sp³-hybridized carbons (Fsp3) is 0.462. The van der Waals surface area contributed by atoms with Crippen molar-refractivity contribution in [2.75, 3.05) is 11.2 Å². The number of amidine groups is 2. The molecule has 1 aliphatic carbocycles. The molecule has 1 aliphatic heterocycles. The van der Waals surface area contributed by atoms with E-state index in [1.54, 1.807) is 11.8 Å². The van der Waals surface area contributed by atoms with Gasteiger partial charge in [-0.25, -0.2) is 9.98 Å². The first-order valence-corrected chi connectivity index (χ1v) is 12.2. The molecular weight excluding hydrogens is 386 g/mol. The maximum Gasteiger partial charge on any atom is 0.170 e. The lowest BCUT2D eigenvalue weighted by atomic mass is 9.66. The number of hydrogen-bond acceptors (Lipinski definition) is 3. The molecule has 158 valence electrons. The number of benzene rings is 2. The van der Waals surface area contributed by atoms with Crippen molar-refractivity contribution in [1.29, 1.82) is 0 Å². The Morgan fingerprint density at radius 2 is 1.63 bits per heavy atom. The molecule has 0 amide bonds. The van der Waals surface area contributed by atoms with Gasteiger partial charge in [0.25, 0.3) is 0 Å². The van der Waals surface area contributed by atoms with Gasteiger partial charge in [0.2, 0.25) is 0 Å². The number of anilines is 1. The molecule has 2 aliphatic rings. The van der Waals surface area contributed by atoms with Crippen LogP contribution in [0.4, 0.5) is 11.4 Å². The second-order valence-electron chi connectivity index (χ2n) is 9.66. The Balaban J connectivity index is 1.81. The van der Waals surface area contributed by atoms with Crippen LogP contribution in [-0.4, -0.2) is 22.8 Å². The summed E-state index contributed by atoms with van der Waals surface area (Å²) < 4.78 is 0. The Morgan fingerprint density at radius 1 is 1.00 bits per heavy atom. The topological polar surface area (TPSA) is 28.0 Å². The van der Waals surface area contributed by atoms with Crippen molar-refractivity contribution in [2.45, 2.75) is 58.9 Å². The van der Waals surface area contributed by atoms with Crippen molar-refractivity contribution < 1.29 is 0 Å². The molecule has 2 aromatic carbocycles. The minimum atomic E-state index is -0.163. The molecule has 30 heavy (non-hydrogen) atoms. The summed E-state index contributed by atoms with van der Waals surface area (Å²) in [5.41, 5.74) is 3.62. The van der Waals surface area contributed by atoms with Crippen LogP contribution < -0.4 is 4.90 Å². The molecule has 0 bridgehead atoms. The third-order valence-corrected chi connectivity index (χ3v) is 7.45. The van der Waals surface area contributed by atoms with Crippen LogP contribution in [0, 0.1) is 18.3 Å². The summed E-state index contributed by atoms with van der Waals surface area (Å²) in [6.45, 7) is 9.27. The minimum absolute atomic E-state index is 0.163. The largest absolute Gasteiger partial charge is 0.307 e. The fourth-order valence-corrected chi connectivity index (χ4v) is 5.58. The number of aliphatic imine (C=N–C) groups is 2. The predicted molar refractivity (Wildman–Crippen MR) is 132 cm³/mol. The van der Waals surface area contributed by atoms with Crippen molar-refractivity contribution in [3.8, 4) is 0 Å². The van der Waals surface area contributed by atoms with Crippen LogP contribution in [0.5, 0.6) is 0 Å². The number of aryl methyl sites for hydroxylation is 1. The Labute approximate surface area is 185 Å². The first-order valence-electron chi connectivity index (χ1n) is 11.0. The van der Waals surface area contributed by atoms with E-state index in [9.17, 15) is 0 Å². The molecule has 0 radical (unpaired) electrons. The van der Waals surface area contributed by atoms with Gasteiger partial charge in [-0.2, -0.15) is 0 Å². The van der Waals surface area contributed by atoms with E-state index in [1.165, 1.54) is 24.1 Å². The van der Waals surface area contributed by atoms with Crippen molar-refractivity contribution in [2.24, 2.45) is 21.3 Å². The first-order chi connectivity index (χ1) is 14.3. The highest BCUT2D eigenvalue weighted by Gasteiger charge is 2.51. The summed E-state index contributed by atoms with van der Waals surface area (Å²) in [5.74, 6) is 1.72. The lowest BCUT2D eigenvalue weighted by Gasteiger charge is -2.47. The Hall–Kier alpha value is -2.07. The van der Waals surface area contributed by atoms with E-state index >= 15 is 0 Å². The van der Waals surface area contributed by atoms with Gasteiger partial charge >= 0.3 is 0 Å². The normalized spacial score (nSPS) is 25.8. The Bertz CT molecular complexity index is 948. The SMILES string of the molecule is CSC1=NC(=Nc2ccccc2C)C2(CCC(C(C)(C)C)CC2)N1c1ccccc1. The van der Waals surface area contributed by atoms with Gasteiger partial charge < -0.3 is 4.90 Å². The number of thioether (sulfide) groups is 1.